The molecule has 1 aliphatic rings. The molecule has 0 radical (unpaired) electrons. The highest BCUT2D eigenvalue weighted by Crippen LogP contribution is 2.19. The van der Waals surface area contributed by atoms with Crippen molar-refractivity contribution in [1.82, 2.24) is 0 Å². The van der Waals surface area contributed by atoms with Gasteiger partial charge in [-0.05, 0) is 26.0 Å². The molecule has 0 bridgehead atoms. The number of carbonyl (C=O) groups excluding carboxylic acids is 1. The highest BCUT2D eigenvalue weighted by atomic mass is 16.5. The Kier molecular flexibility index (Phi) is 3.13. The van der Waals surface area contributed by atoms with Gasteiger partial charge in [0, 0.05) is 12.1 Å². The molecule has 1 aromatic rings. The summed E-state index contributed by atoms with van der Waals surface area (Å²) in [6, 6.07) is 9.28. The fourth-order valence-electron chi connectivity index (χ4n) is 1.58. The van der Waals surface area contributed by atoms with E-state index in [1.165, 1.54) is 0 Å². The van der Waals surface area contributed by atoms with E-state index in [9.17, 15) is 4.79 Å². The van der Waals surface area contributed by atoms with E-state index in [0.717, 1.165) is 12.1 Å². The van der Waals surface area contributed by atoms with Crippen LogP contribution in [0.15, 0.2) is 35.3 Å². The van der Waals surface area contributed by atoms with Gasteiger partial charge in [-0.1, -0.05) is 18.2 Å². The lowest BCUT2D eigenvalue weighted by molar-refractivity contribution is -0.112. The highest BCUT2D eigenvalue weighted by Gasteiger charge is 2.26. The van der Waals surface area contributed by atoms with Crippen molar-refractivity contribution in [1.29, 1.82) is 0 Å². The van der Waals surface area contributed by atoms with E-state index < -0.39 is 0 Å². The molecule has 0 atom stereocenters. The van der Waals surface area contributed by atoms with Crippen LogP contribution in [0.25, 0.3) is 0 Å². The van der Waals surface area contributed by atoms with Crippen molar-refractivity contribution >= 4 is 17.5 Å². The van der Waals surface area contributed by atoms with Crippen LogP contribution in [0.1, 0.15) is 20.3 Å². The van der Waals surface area contributed by atoms with Crippen LogP contribution in [0, 0.1) is 0 Å². The van der Waals surface area contributed by atoms with E-state index in [1.807, 2.05) is 44.2 Å². The van der Waals surface area contributed by atoms with Gasteiger partial charge >= 0.3 is 5.91 Å². The van der Waals surface area contributed by atoms with Gasteiger partial charge in [0.25, 0.3) is 5.90 Å². The summed E-state index contributed by atoms with van der Waals surface area (Å²) in [5.41, 5.74) is 0.522. The second-order valence-corrected chi connectivity index (χ2v) is 4.65. The molecule has 0 spiro atoms. The second-order valence-electron chi connectivity index (χ2n) is 4.65. The minimum atomic E-state index is -0.288. The van der Waals surface area contributed by atoms with Crippen molar-refractivity contribution in [2.45, 2.75) is 25.8 Å². The maximum atomic E-state index is 11.9. The largest absolute Gasteiger partial charge is 0.474 e. The lowest BCUT2D eigenvalue weighted by atomic mass is 10.0. The molecule has 1 aliphatic heterocycles. The molecule has 4 nitrogen and oxygen atoms in total. The molecule has 4 heteroatoms. The van der Waals surface area contributed by atoms with Crippen molar-refractivity contribution in [3.63, 3.8) is 0 Å². The summed E-state index contributed by atoms with van der Waals surface area (Å²) in [5.74, 6) is -0.117. The Balaban J connectivity index is 2.09. The van der Waals surface area contributed by atoms with Gasteiger partial charge < -0.3 is 10.1 Å². The lowest BCUT2D eigenvalue weighted by Crippen LogP contribution is -2.35. The van der Waals surface area contributed by atoms with Gasteiger partial charge in [-0.3, -0.25) is 4.79 Å². The van der Waals surface area contributed by atoms with Gasteiger partial charge in [0.1, 0.15) is 0 Å². The Morgan fingerprint density at radius 2 is 2.06 bits per heavy atom. The zero-order valence-corrected chi connectivity index (χ0v) is 10.1. The van der Waals surface area contributed by atoms with Crippen molar-refractivity contribution in [2.24, 2.45) is 4.99 Å². The first-order valence-corrected chi connectivity index (χ1v) is 5.66. The second kappa shape index (κ2) is 4.57. The molecule has 0 saturated heterocycles. The Labute approximate surface area is 101 Å². The molecule has 0 fully saturated rings. The molecule has 1 aromatic carbocycles. The molecule has 90 valence electrons. The number of hydrogen-bond donors (Lipinski definition) is 1. The zero-order chi connectivity index (χ0) is 12.3. The highest BCUT2D eigenvalue weighted by molar-refractivity contribution is 6.39. The molecule has 0 aliphatic carbocycles. The van der Waals surface area contributed by atoms with E-state index in [-0.39, 0.29) is 17.3 Å². The molecular weight excluding hydrogens is 216 g/mol. The third kappa shape index (κ3) is 3.06. The van der Waals surface area contributed by atoms with Gasteiger partial charge in [-0.25, -0.2) is 4.99 Å². The summed E-state index contributed by atoms with van der Waals surface area (Å²) in [6.45, 7) is 4.52. The third-order valence-electron chi connectivity index (χ3n) is 2.58. The molecular formula is C13H16N2O2. The summed E-state index contributed by atoms with van der Waals surface area (Å²) >= 11 is 0. The van der Waals surface area contributed by atoms with Gasteiger partial charge in [-0.15, -0.1) is 0 Å². The average Bonchev–Trinajstić information content (AvgIpc) is 2.29. The van der Waals surface area contributed by atoms with Crippen molar-refractivity contribution in [3.05, 3.63) is 30.3 Å². The summed E-state index contributed by atoms with van der Waals surface area (Å²) in [5, 5.41) is 2.75. The zero-order valence-electron chi connectivity index (χ0n) is 10.1. The first-order chi connectivity index (χ1) is 8.07. The number of rotatable bonds is 2. The van der Waals surface area contributed by atoms with Crippen LogP contribution in [0.4, 0.5) is 5.69 Å². The predicted molar refractivity (Wildman–Crippen MR) is 67.2 cm³/mol. The molecule has 1 amide bonds. The van der Waals surface area contributed by atoms with E-state index in [2.05, 4.69) is 10.3 Å². The minimum Gasteiger partial charge on any atom is -0.474 e. The van der Waals surface area contributed by atoms with Crippen LogP contribution in [0.2, 0.25) is 0 Å². The van der Waals surface area contributed by atoms with Gasteiger partial charge in [0.15, 0.2) is 0 Å². The molecule has 0 aromatic heterocycles. The lowest BCUT2D eigenvalue weighted by Gasteiger charge is -2.26. The number of para-hydroxylation sites is 1. The maximum absolute atomic E-state index is 11.9. The summed E-state index contributed by atoms with van der Waals surface area (Å²) < 4.78 is 5.29. The van der Waals surface area contributed by atoms with E-state index in [4.69, 9.17) is 4.74 Å². The molecule has 0 saturated carbocycles. The van der Waals surface area contributed by atoms with Crippen LogP contribution in [-0.2, 0) is 9.53 Å². The Morgan fingerprint density at radius 1 is 1.35 bits per heavy atom. The molecule has 0 unspecified atom stereocenters. The first-order valence-electron chi connectivity index (χ1n) is 5.66. The summed E-state index contributed by atoms with van der Waals surface area (Å²) in [7, 11) is 0. The maximum Gasteiger partial charge on any atom is 0.310 e. The molecule has 1 heterocycles. The SMILES string of the molecule is CC1(C)CCOC(C(=O)Nc2ccccc2)=N1. The first kappa shape index (κ1) is 11.6. The number of amides is 1. The molecule has 17 heavy (non-hydrogen) atoms. The fraction of sp³-hybridized carbons (Fsp3) is 0.385. The molecule has 1 N–H and O–H groups in total. The number of aliphatic imine (C=N–C) groups is 1. The number of anilines is 1. The Hall–Kier alpha value is -1.84. The standard InChI is InChI=1S/C13H16N2O2/c1-13(2)8-9-17-12(15-13)11(16)14-10-6-4-3-5-7-10/h3-7H,8-9H2,1-2H3,(H,14,16). The normalized spacial score (nSPS) is 17.9. The van der Waals surface area contributed by atoms with Crippen LogP contribution in [0.3, 0.4) is 0 Å². The van der Waals surface area contributed by atoms with E-state index in [1.54, 1.807) is 0 Å². The average molecular weight is 232 g/mol. The van der Waals surface area contributed by atoms with Crippen LogP contribution < -0.4 is 5.32 Å². The topological polar surface area (TPSA) is 50.7 Å². The minimum absolute atomic E-state index is 0.171. The third-order valence-corrected chi connectivity index (χ3v) is 2.58. The smallest absolute Gasteiger partial charge is 0.310 e. The Bertz CT molecular complexity index is 438. The fourth-order valence-corrected chi connectivity index (χ4v) is 1.58. The quantitative estimate of drug-likeness (QED) is 0.850. The van der Waals surface area contributed by atoms with Crippen LogP contribution >= 0.6 is 0 Å². The number of nitrogens with zero attached hydrogens (tertiary/aromatic N) is 1. The number of benzene rings is 1. The van der Waals surface area contributed by atoms with Gasteiger partial charge in [0.2, 0.25) is 0 Å². The van der Waals surface area contributed by atoms with Gasteiger partial charge in [0.05, 0.1) is 12.1 Å². The van der Waals surface area contributed by atoms with Crippen molar-refractivity contribution in [3.8, 4) is 0 Å². The monoisotopic (exact) mass is 232 g/mol. The van der Waals surface area contributed by atoms with Crippen molar-refractivity contribution < 1.29 is 9.53 Å². The van der Waals surface area contributed by atoms with E-state index >= 15 is 0 Å². The van der Waals surface area contributed by atoms with Crippen molar-refractivity contribution in [2.75, 3.05) is 11.9 Å². The van der Waals surface area contributed by atoms with Crippen LogP contribution in [-0.4, -0.2) is 24.0 Å². The Morgan fingerprint density at radius 3 is 2.71 bits per heavy atom. The van der Waals surface area contributed by atoms with E-state index in [0.29, 0.717) is 6.61 Å². The number of carbonyl (C=O) groups is 1. The predicted octanol–water partition coefficient (Wildman–Crippen LogP) is 2.22. The van der Waals surface area contributed by atoms with Crippen LogP contribution in [0.5, 0.6) is 0 Å². The number of ether oxygens (including phenoxy) is 1. The molecule has 2 rings (SSSR count). The summed E-state index contributed by atoms with van der Waals surface area (Å²) in [6.07, 6.45) is 0.828. The van der Waals surface area contributed by atoms with Gasteiger partial charge in [-0.2, -0.15) is 0 Å². The number of nitrogens with one attached hydrogen (secondary N) is 1. The number of hydrogen-bond acceptors (Lipinski definition) is 3. The summed E-state index contributed by atoms with van der Waals surface area (Å²) in [4.78, 5) is 16.2.